The van der Waals surface area contributed by atoms with Crippen molar-refractivity contribution in [2.75, 3.05) is 0 Å². The van der Waals surface area contributed by atoms with Gasteiger partial charge in [0.1, 0.15) is 12.0 Å². The predicted molar refractivity (Wildman–Crippen MR) is 72.5 cm³/mol. The fourth-order valence-electron chi connectivity index (χ4n) is 3.94. The van der Waals surface area contributed by atoms with Gasteiger partial charge >= 0.3 is 24.5 Å². The first kappa shape index (κ1) is 23.0. The van der Waals surface area contributed by atoms with E-state index in [1.807, 2.05) is 0 Å². The molecule has 2 bridgehead atoms. The Morgan fingerprint density at radius 2 is 1.54 bits per heavy atom. The van der Waals surface area contributed by atoms with Gasteiger partial charge in [0.15, 0.2) is 0 Å². The summed E-state index contributed by atoms with van der Waals surface area (Å²) in [6, 6.07) is 0. The first-order valence-electron chi connectivity index (χ1n) is 8.21. The Morgan fingerprint density at radius 3 is 1.93 bits per heavy atom. The van der Waals surface area contributed by atoms with E-state index in [2.05, 4.69) is 4.74 Å². The molecule has 164 valence electrons. The number of hydrogen-bond acceptors (Lipinski definition) is 4. The van der Waals surface area contributed by atoms with Crippen LogP contribution in [0.25, 0.3) is 0 Å². The van der Waals surface area contributed by atoms with Crippen LogP contribution in [0.15, 0.2) is 0 Å². The van der Waals surface area contributed by atoms with Gasteiger partial charge in [0, 0.05) is 5.92 Å². The Kier molecular flexibility index (Phi) is 5.70. The van der Waals surface area contributed by atoms with Crippen LogP contribution in [0.2, 0.25) is 0 Å². The van der Waals surface area contributed by atoms with E-state index in [9.17, 15) is 54.5 Å². The summed E-state index contributed by atoms with van der Waals surface area (Å²) in [6.45, 7) is 0.478. The molecule has 2 N–H and O–H groups in total. The van der Waals surface area contributed by atoms with Gasteiger partial charge < -0.3 is 14.9 Å². The van der Waals surface area contributed by atoms with Gasteiger partial charge in [-0.25, -0.2) is 0 Å². The van der Waals surface area contributed by atoms with E-state index >= 15 is 0 Å². The summed E-state index contributed by atoms with van der Waals surface area (Å²) >= 11 is 0. The molecule has 0 spiro atoms. The topological polar surface area (TPSA) is 66.8 Å². The van der Waals surface area contributed by atoms with Crippen LogP contribution in [-0.4, -0.2) is 52.5 Å². The molecule has 28 heavy (non-hydrogen) atoms. The minimum absolute atomic E-state index is 0.129. The third kappa shape index (κ3) is 3.91. The van der Waals surface area contributed by atoms with Gasteiger partial charge in [-0.3, -0.25) is 4.79 Å². The second-order valence-electron chi connectivity index (χ2n) is 7.37. The fraction of sp³-hybridized carbons (Fsp3) is 0.933. The molecule has 6 atom stereocenters. The standard InChI is InChI=1S/C15H17F9O4/c1-5(13(16,17)18)11(26)28-10-8-3-6(9(10)25)2-7(8)4-12(27,14(19,20)21)15(22,23)24/h5-10,25,27H,2-4H2,1H3. The third-order valence-corrected chi connectivity index (χ3v) is 5.62. The summed E-state index contributed by atoms with van der Waals surface area (Å²) in [5, 5.41) is 19.3. The van der Waals surface area contributed by atoms with Crippen molar-refractivity contribution < 1.29 is 59.3 Å². The van der Waals surface area contributed by atoms with Gasteiger partial charge in [0.05, 0.1) is 6.10 Å². The van der Waals surface area contributed by atoms with Crippen molar-refractivity contribution in [1.29, 1.82) is 0 Å². The van der Waals surface area contributed by atoms with Gasteiger partial charge in [-0.15, -0.1) is 0 Å². The molecule has 0 aromatic heterocycles. The number of esters is 1. The van der Waals surface area contributed by atoms with E-state index in [1.54, 1.807) is 0 Å². The van der Waals surface area contributed by atoms with E-state index in [4.69, 9.17) is 0 Å². The second kappa shape index (κ2) is 6.92. The number of carbonyl (C=O) groups is 1. The van der Waals surface area contributed by atoms with Gasteiger partial charge in [-0.1, -0.05) is 0 Å². The summed E-state index contributed by atoms with van der Waals surface area (Å²) in [6.07, 6.45) is -22.5. The van der Waals surface area contributed by atoms with Crippen LogP contribution in [0.3, 0.4) is 0 Å². The maximum Gasteiger partial charge on any atom is 0.426 e. The van der Waals surface area contributed by atoms with E-state index in [0.717, 1.165) is 0 Å². The molecule has 0 aromatic carbocycles. The zero-order valence-corrected chi connectivity index (χ0v) is 14.2. The maximum absolute atomic E-state index is 12.9. The predicted octanol–water partition coefficient (Wildman–Crippen LogP) is 3.36. The summed E-state index contributed by atoms with van der Waals surface area (Å²) in [7, 11) is 0. The molecule has 2 fully saturated rings. The van der Waals surface area contributed by atoms with E-state index < -0.39 is 72.4 Å². The molecule has 13 heteroatoms. The van der Waals surface area contributed by atoms with Crippen LogP contribution in [0.1, 0.15) is 26.2 Å². The minimum Gasteiger partial charge on any atom is -0.459 e. The largest absolute Gasteiger partial charge is 0.459 e. The number of aliphatic hydroxyl groups excluding tert-OH is 1. The van der Waals surface area contributed by atoms with Crippen molar-refractivity contribution in [1.82, 2.24) is 0 Å². The molecule has 0 amide bonds. The lowest BCUT2D eigenvalue weighted by molar-refractivity contribution is -0.373. The van der Waals surface area contributed by atoms with Crippen LogP contribution < -0.4 is 0 Å². The monoisotopic (exact) mass is 432 g/mol. The lowest BCUT2D eigenvalue weighted by Crippen LogP contribution is -2.58. The molecule has 6 unspecified atom stereocenters. The molecule has 2 saturated carbocycles. The molecule has 2 aliphatic carbocycles. The number of alkyl halides is 9. The summed E-state index contributed by atoms with van der Waals surface area (Å²) in [4.78, 5) is 11.6. The highest BCUT2D eigenvalue weighted by Gasteiger charge is 2.72. The van der Waals surface area contributed by atoms with Crippen LogP contribution in [-0.2, 0) is 9.53 Å². The molecule has 0 radical (unpaired) electrons. The minimum atomic E-state index is -6.04. The Labute approximate surface area is 152 Å². The van der Waals surface area contributed by atoms with Crippen molar-refractivity contribution in [2.45, 2.75) is 62.5 Å². The number of fused-ring (bicyclic) bond motifs is 2. The van der Waals surface area contributed by atoms with Crippen molar-refractivity contribution in [3.63, 3.8) is 0 Å². The van der Waals surface area contributed by atoms with Gasteiger partial charge in [-0.2, -0.15) is 39.5 Å². The summed E-state index contributed by atoms with van der Waals surface area (Å²) in [5.74, 6) is -7.91. The quantitative estimate of drug-likeness (QED) is 0.528. The molecule has 2 aliphatic rings. The lowest BCUT2D eigenvalue weighted by atomic mass is 9.77. The number of ether oxygens (including phenoxy) is 1. The first-order valence-corrected chi connectivity index (χ1v) is 8.21. The average molecular weight is 432 g/mol. The zero-order valence-electron chi connectivity index (χ0n) is 14.2. The van der Waals surface area contributed by atoms with Gasteiger partial charge in [-0.05, 0) is 38.0 Å². The molecule has 0 saturated heterocycles. The second-order valence-corrected chi connectivity index (χ2v) is 7.37. The van der Waals surface area contributed by atoms with E-state index in [1.165, 1.54) is 0 Å². The normalized spacial score (nSPS) is 32.5. The molecule has 4 nitrogen and oxygen atoms in total. The molecular weight excluding hydrogens is 415 g/mol. The molecule has 0 heterocycles. The number of aliphatic hydroxyl groups is 2. The molecule has 0 aliphatic heterocycles. The summed E-state index contributed by atoms with van der Waals surface area (Å²) in [5.41, 5.74) is -5.02. The van der Waals surface area contributed by atoms with Crippen molar-refractivity contribution in [3.05, 3.63) is 0 Å². The lowest BCUT2D eigenvalue weighted by Gasteiger charge is -2.39. The highest BCUT2D eigenvalue weighted by Crippen LogP contribution is 2.56. The highest BCUT2D eigenvalue weighted by atomic mass is 19.4. The number of rotatable bonds is 4. The van der Waals surface area contributed by atoms with Crippen molar-refractivity contribution >= 4 is 5.97 Å². The third-order valence-electron chi connectivity index (χ3n) is 5.62. The smallest absolute Gasteiger partial charge is 0.426 e. The Bertz CT molecular complexity index is 584. The fourth-order valence-corrected chi connectivity index (χ4v) is 3.94. The van der Waals surface area contributed by atoms with Crippen LogP contribution >= 0.6 is 0 Å². The zero-order chi connectivity index (χ0) is 21.9. The first-order chi connectivity index (χ1) is 12.4. The maximum atomic E-state index is 12.9. The van der Waals surface area contributed by atoms with E-state index in [0.29, 0.717) is 6.92 Å². The van der Waals surface area contributed by atoms with E-state index in [-0.39, 0.29) is 12.8 Å². The summed E-state index contributed by atoms with van der Waals surface area (Å²) < 4.78 is 120. The van der Waals surface area contributed by atoms with Gasteiger partial charge in [0.25, 0.3) is 5.60 Å². The molecule has 0 aromatic rings. The van der Waals surface area contributed by atoms with Crippen LogP contribution in [0.4, 0.5) is 39.5 Å². The Balaban J connectivity index is 2.19. The highest BCUT2D eigenvalue weighted by molar-refractivity contribution is 5.73. The Hall–Kier alpha value is -1.24. The number of hydrogen-bond donors (Lipinski definition) is 2. The molecular formula is C15H17F9O4. The van der Waals surface area contributed by atoms with Gasteiger partial charge in [0.2, 0.25) is 0 Å². The van der Waals surface area contributed by atoms with Crippen LogP contribution in [0, 0.1) is 23.7 Å². The average Bonchev–Trinajstić information content (AvgIpc) is 3.02. The van der Waals surface area contributed by atoms with Crippen molar-refractivity contribution in [3.8, 4) is 0 Å². The van der Waals surface area contributed by atoms with Crippen molar-refractivity contribution in [2.24, 2.45) is 23.7 Å². The molecule has 2 rings (SSSR count). The number of carbonyl (C=O) groups excluding carboxylic acids is 1. The number of halogens is 9. The Morgan fingerprint density at radius 1 is 1.04 bits per heavy atom. The SMILES string of the molecule is CC(C(=O)OC1C(O)C2CC(CC(O)(C(F)(F)F)C(F)(F)F)C1C2)C(F)(F)F. The van der Waals surface area contributed by atoms with Crippen LogP contribution in [0.5, 0.6) is 0 Å².